The van der Waals surface area contributed by atoms with Crippen molar-refractivity contribution in [2.75, 3.05) is 13.6 Å². The molecule has 0 bridgehead atoms. The molecule has 1 saturated heterocycles. The summed E-state index contributed by atoms with van der Waals surface area (Å²) in [5.74, 6) is 0.0665. The summed E-state index contributed by atoms with van der Waals surface area (Å²) in [6.07, 6.45) is 1.64. The van der Waals surface area contributed by atoms with Crippen LogP contribution in [0.4, 0.5) is 0 Å². The van der Waals surface area contributed by atoms with Crippen LogP contribution in [-0.2, 0) is 11.2 Å². The number of carbonyl (C=O) groups is 1. The number of rotatable bonds is 4. The van der Waals surface area contributed by atoms with Gasteiger partial charge in [-0.05, 0) is 35.6 Å². The van der Waals surface area contributed by atoms with Gasteiger partial charge in [0.05, 0.1) is 6.04 Å². The SMILES string of the molecule is CN(CCc1cccc2ccccc12)C(=O)[C@@H]1CCC(O)N1. The van der Waals surface area contributed by atoms with Crippen LogP contribution < -0.4 is 5.32 Å². The van der Waals surface area contributed by atoms with E-state index in [9.17, 15) is 9.90 Å². The summed E-state index contributed by atoms with van der Waals surface area (Å²) in [5, 5.41) is 14.9. The summed E-state index contributed by atoms with van der Waals surface area (Å²) in [4.78, 5) is 14.1. The van der Waals surface area contributed by atoms with E-state index < -0.39 is 6.23 Å². The van der Waals surface area contributed by atoms with Crippen LogP contribution in [0.25, 0.3) is 10.8 Å². The summed E-state index contributed by atoms with van der Waals surface area (Å²) < 4.78 is 0. The molecule has 2 aromatic rings. The highest BCUT2D eigenvalue weighted by Crippen LogP contribution is 2.19. The van der Waals surface area contributed by atoms with Gasteiger partial charge in [-0.15, -0.1) is 0 Å². The first-order chi connectivity index (χ1) is 10.6. The molecule has 1 aliphatic rings. The number of nitrogens with zero attached hydrogens (tertiary/aromatic N) is 1. The van der Waals surface area contributed by atoms with Gasteiger partial charge in [0, 0.05) is 13.6 Å². The van der Waals surface area contributed by atoms with E-state index in [1.54, 1.807) is 4.90 Å². The summed E-state index contributed by atoms with van der Waals surface area (Å²) >= 11 is 0. The molecule has 0 aliphatic carbocycles. The number of aliphatic hydroxyl groups is 1. The monoisotopic (exact) mass is 298 g/mol. The molecule has 4 nitrogen and oxygen atoms in total. The highest BCUT2D eigenvalue weighted by molar-refractivity contribution is 5.86. The van der Waals surface area contributed by atoms with Crippen LogP contribution in [0.15, 0.2) is 42.5 Å². The second kappa shape index (κ2) is 6.46. The molecule has 22 heavy (non-hydrogen) atoms. The molecule has 3 rings (SSSR count). The first kappa shape index (κ1) is 15.0. The maximum atomic E-state index is 12.3. The molecule has 1 aliphatic heterocycles. The number of amides is 1. The number of fused-ring (bicyclic) bond motifs is 1. The lowest BCUT2D eigenvalue weighted by Gasteiger charge is -2.21. The molecule has 2 aromatic carbocycles. The zero-order valence-corrected chi connectivity index (χ0v) is 12.8. The molecule has 1 heterocycles. The number of carbonyl (C=O) groups excluding carboxylic acids is 1. The molecular formula is C18H22N2O2. The van der Waals surface area contributed by atoms with Crippen LogP contribution in [-0.4, -0.2) is 41.8 Å². The summed E-state index contributed by atoms with van der Waals surface area (Å²) in [6.45, 7) is 0.682. The van der Waals surface area contributed by atoms with Crippen LogP contribution in [0, 0.1) is 0 Å². The van der Waals surface area contributed by atoms with Crippen molar-refractivity contribution in [1.82, 2.24) is 10.2 Å². The van der Waals surface area contributed by atoms with E-state index in [-0.39, 0.29) is 11.9 Å². The highest BCUT2D eigenvalue weighted by atomic mass is 16.3. The third-order valence-electron chi connectivity index (χ3n) is 4.39. The van der Waals surface area contributed by atoms with E-state index in [4.69, 9.17) is 0 Å². The van der Waals surface area contributed by atoms with Crippen molar-refractivity contribution in [1.29, 1.82) is 0 Å². The molecule has 2 atom stereocenters. The van der Waals surface area contributed by atoms with Crippen molar-refractivity contribution >= 4 is 16.7 Å². The van der Waals surface area contributed by atoms with Crippen molar-refractivity contribution in [2.24, 2.45) is 0 Å². The number of aliphatic hydroxyl groups excluding tert-OH is 1. The van der Waals surface area contributed by atoms with Gasteiger partial charge in [-0.1, -0.05) is 42.5 Å². The smallest absolute Gasteiger partial charge is 0.239 e. The maximum Gasteiger partial charge on any atom is 0.239 e. The van der Waals surface area contributed by atoms with Gasteiger partial charge >= 0.3 is 0 Å². The Morgan fingerprint density at radius 3 is 2.77 bits per heavy atom. The quantitative estimate of drug-likeness (QED) is 0.906. The summed E-state index contributed by atoms with van der Waals surface area (Å²) in [5.41, 5.74) is 1.26. The molecule has 0 radical (unpaired) electrons. The first-order valence-corrected chi connectivity index (χ1v) is 7.81. The van der Waals surface area contributed by atoms with Crippen LogP contribution in [0.1, 0.15) is 18.4 Å². The molecule has 2 N–H and O–H groups in total. The third-order valence-corrected chi connectivity index (χ3v) is 4.39. The number of hydrogen-bond donors (Lipinski definition) is 2. The normalized spacial score (nSPS) is 21.2. The standard InChI is InChI=1S/C18H22N2O2/c1-20(18(22)16-9-10-17(21)19-16)12-11-14-7-4-6-13-5-2-3-8-15(13)14/h2-8,16-17,19,21H,9-12H2,1H3/t16-,17?/m0/s1. The van der Waals surface area contributed by atoms with E-state index in [0.717, 1.165) is 6.42 Å². The lowest BCUT2D eigenvalue weighted by atomic mass is 10.0. The van der Waals surface area contributed by atoms with E-state index >= 15 is 0 Å². The maximum absolute atomic E-state index is 12.3. The lowest BCUT2D eigenvalue weighted by Crippen LogP contribution is -2.44. The van der Waals surface area contributed by atoms with Gasteiger partial charge in [-0.2, -0.15) is 0 Å². The van der Waals surface area contributed by atoms with E-state index in [2.05, 4.69) is 35.6 Å². The molecule has 116 valence electrons. The Labute approximate surface area is 130 Å². The molecule has 0 aromatic heterocycles. The predicted octanol–water partition coefficient (Wildman–Crippen LogP) is 1.91. The molecule has 1 fully saturated rings. The Balaban J connectivity index is 1.65. The van der Waals surface area contributed by atoms with Crippen LogP contribution in [0.5, 0.6) is 0 Å². The van der Waals surface area contributed by atoms with Gasteiger partial charge in [0.15, 0.2) is 0 Å². The van der Waals surface area contributed by atoms with Gasteiger partial charge in [-0.25, -0.2) is 0 Å². The molecule has 0 saturated carbocycles. The molecular weight excluding hydrogens is 276 g/mol. The fourth-order valence-electron chi connectivity index (χ4n) is 3.09. The predicted molar refractivity (Wildman–Crippen MR) is 87.5 cm³/mol. The number of benzene rings is 2. The third kappa shape index (κ3) is 3.13. The molecule has 1 unspecified atom stereocenters. The van der Waals surface area contributed by atoms with Gasteiger partial charge < -0.3 is 10.0 Å². The Morgan fingerprint density at radius 2 is 2.00 bits per heavy atom. The Morgan fingerprint density at radius 1 is 1.23 bits per heavy atom. The first-order valence-electron chi connectivity index (χ1n) is 7.81. The second-order valence-corrected chi connectivity index (χ2v) is 5.96. The van der Waals surface area contributed by atoms with Gasteiger partial charge in [0.2, 0.25) is 5.91 Å². The Hall–Kier alpha value is -1.91. The molecule has 1 amide bonds. The van der Waals surface area contributed by atoms with Gasteiger partial charge in [-0.3, -0.25) is 10.1 Å². The second-order valence-electron chi connectivity index (χ2n) is 5.96. The van der Waals surface area contributed by atoms with E-state index in [0.29, 0.717) is 19.4 Å². The summed E-state index contributed by atoms with van der Waals surface area (Å²) in [7, 11) is 1.83. The largest absolute Gasteiger partial charge is 0.379 e. The van der Waals surface area contributed by atoms with Gasteiger partial charge in [0.1, 0.15) is 6.23 Å². The minimum Gasteiger partial charge on any atom is -0.379 e. The fourth-order valence-corrected chi connectivity index (χ4v) is 3.09. The summed E-state index contributed by atoms with van der Waals surface area (Å²) in [6, 6.07) is 14.4. The van der Waals surface area contributed by atoms with Crippen molar-refractivity contribution < 1.29 is 9.90 Å². The lowest BCUT2D eigenvalue weighted by molar-refractivity contribution is -0.132. The minimum atomic E-state index is -0.541. The van der Waals surface area contributed by atoms with Crippen molar-refractivity contribution in [3.8, 4) is 0 Å². The Kier molecular flexibility index (Phi) is 4.41. The van der Waals surface area contributed by atoms with Crippen molar-refractivity contribution in [2.45, 2.75) is 31.5 Å². The average Bonchev–Trinajstić information content (AvgIpc) is 2.98. The van der Waals surface area contributed by atoms with Crippen molar-refractivity contribution in [3.63, 3.8) is 0 Å². The molecule has 4 heteroatoms. The fraction of sp³-hybridized carbons (Fsp3) is 0.389. The zero-order valence-electron chi connectivity index (χ0n) is 12.8. The number of nitrogens with one attached hydrogen (secondary N) is 1. The van der Waals surface area contributed by atoms with E-state index in [1.807, 2.05) is 19.2 Å². The number of hydrogen-bond acceptors (Lipinski definition) is 3. The molecule has 0 spiro atoms. The minimum absolute atomic E-state index is 0.0665. The van der Waals surface area contributed by atoms with Crippen molar-refractivity contribution in [3.05, 3.63) is 48.0 Å². The average molecular weight is 298 g/mol. The van der Waals surface area contributed by atoms with E-state index in [1.165, 1.54) is 16.3 Å². The van der Waals surface area contributed by atoms with Crippen LogP contribution >= 0.6 is 0 Å². The number of likely N-dealkylation sites (N-methyl/N-ethyl adjacent to an activating group) is 1. The Bertz CT molecular complexity index is 666. The van der Waals surface area contributed by atoms with Crippen LogP contribution in [0.2, 0.25) is 0 Å². The highest BCUT2D eigenvalue weighted by Gasteiger charge is 2.29. The zero-order chi connectivity index (χ0) is 15.5. The van der Waals surface area contributed by atoms with Crippen LogP contribution in [0.3, 0.4) is 0 Å². The van der Waals surface area contributed by atoms with Gasteiger partial charge in [0.25, 0.3) is 0 Å². The topological polar surface area (TPSA) is 52.6 Å².